The number of hydrogen-bond acceptors (Lipinski definition) is 8. The van der Waals surface area contributed by atoms with Gasteiger partial charge in [-0.25, -0.2) is 13.7 Å². The van der Waals surface area contributed by atoms with E-state index in [0.29, 0.717) is 0 Å². The third kappa shape index (κ3) is 7.47. The van der Waals surface area contributed by atoms with E-state index in [4.69, 9.17) is 20.8 Å². The molecule has 0 amide bonds. The van der Waals surface area contributed by atoms with Gasteiger partial charge in [-0.1, -0.05) is 0 Å². The van der Waals surface area contributed by atoms with Gasteiger partial charge in [0, 0.05) is 6.00 Å². The second-order valence-corrected chi connectivity index (χ2v) is 8.41. The molecule has 0 spiro atoms. The molecule has 1 heterocycles. The largest absolute Gasteiger partial charge is 0.490 e. The van der Waals surface area contributed by atoms with Crippen LogP contribution in [0.5, 0.6) is 0 Å². The molecular weight excluding hydrogens is 356 g/mol. The molecule has 0 saturated carbocycles. The van der Waals surface area contributed by atoms with Crippen molar-refractivity contribution < 1.29 is 56.3 Å². The Kier molecular flexibility index (Phi) is 5.81. The summed E-state index contributed by atoms with van der Waals surface area (Å²) < 4.78 is 56.3. The van der Waals surface area contributed by atoms with Crippen LogP contribution in [0.15, 0.2) is 0 Å². The average molecular weight is 371 g/mol. The molecule has 0 bridgehead atoms. The Labute approximate surface area is 121 Å². The van der Waals surface area contributed by atoms with E-state index in [1.165, 1.54) is 0 Å². The molecular formula is C5H14BO12P3. The van der Waals surface area contributed by atoms with E-state index in [1.54, 1.807) is 0 Å². The number of phosphoric ester groups is 1. The monoisotopic (exact) mass is 371 g/mol. The Morgan fingerprint density at radius 1 is 1.19 bits per heavy atom. The van der Waals surface area contributed by atoms with Crippen LogP contribution in [0.4, 0.5) is 0 Å². The highest BCUT2D eigenvalue weighted by atomic mass is 31.3. The standard InChI is InChI=1S/C5H14BO12P3/c6-5-1-3(7)4(16-5)2-15-20(11,12)18-21(13,14)17-19(8,9)10/h3-5,7H,1-2,6H2,(H,11,12)(H,13,14)(H2,8,9,10)/i6D. The van der Waals surface area contributed by atoms with E-state index in [9.17, 15) is 23.7 Å². The van der Waals surface area contributed by atoms with Gasteiger partial charge in [0.15, 0.2) is 0 Å². The van der Waals surface area contributed by atoms with Crippen LogP contribution in [0.3, 0.4) is 0 Å². The van der Waals surface area contributed by atoms with E-state index in [0.717, 1.165) is 0 Å². The fourth-order valence-electron chi connectivity index (χ4n) is 1.44. The summed E-state index contributed by atoms with van der Waals surface area (Å²) in [5.74, 6) is 0. The van der Waals surface area contributed by atoms with Crippen molar-refractivity contribution in [2.75, 3.05) is 6.61 Å². The highest BCUT2D eigenvalue weighted by Gasteiger charge is 2.42. The van der Waals surface area contributed by atoms with Gasteiger partial charge >= 0.3 is 23.5 Å². The molecule has 0 aromatic carbocycles. The van der Waals surface area contributed by atoms with Crippen molar-refractivity contribution in [3.05, 3.63) is 0 Å². The van der Waals surface area contributed by atoms with Crippen LogP contribution in [0.25, 0.3) is 0 Å². The van der Waals surface area contributed by atoms with Crippen LogP contribution in [-0.4, -0.2) is 58.6 Å². The molecule has 0 aromatic heterocycles. The molecule has 1 aliphatic heterocycles. The summed E-state index contributed by atoms with van der Waals surface area (Å²) in [7, 11) is -16.4. The van der Waals surface area contributed by atoms with Gasteiger partial charge in [-0.2, -0.15) is 8.62 Å². The summed E-state index contributed by atoms with van der Waals surface area (Å²) in [6.45, 7) is -0.721. The molecule has 1 rings (SSSR count). The van der Waals surface area contributed by atoms with Gasteiger partial charge in [-0.15, -0.1) is 0 Å². The number of aliphatic hydroxyl groups is 1. The number of ether oxygens (including phenoxy) is 1. The van der Waals surface area contributed by atoms with Crippen molar-refractivity contribution in [3.8, 4) is 0 Å². The highest BCUT2D eigenvalue weighted by Crippen LogP contribution is 2.66. The van der Waals surface area contributed by atoms with E-state index >= 15 is 0 Å². The summed E-state index contributed by atoms with van der Waals surface area (Å²) in [6, 6.07) is -0.593. The summed E-state index contributed by atoms with van der Waals surface area (Å²) >= 11 is 0. The molecule has 1 saturated heterocycles. The summed E-state index contributed by atoms with van der Waals surface area (Å²) in [5.41, 5.74) is 0. The average Bonchev–Trinajstić information content (AvgIpc) is 2.62. The molecule has 16 heteroatoms. The highest BCUT2D eigenvalue weighted by molar-refractivity contribution is 7.66. The SMILES string of the molecule is [2H]BC1CC(O)C(COP(=O)(O)OP(=O)(O)OP(=O)(O)O)O1. The lowest BCUT2D eigenvalue weighted by atomic mass is 9.96. The summed E-state index contributed by atoms with van der Waals surface area (Å²) in [6.07, 6.45) is -2.05. The fourth-order valence-corrected chi connectivity index (χ4v) is 4.47. The molecule has 124 valence electrons. The van der Waals surface area contributed by atoms with Gasteiger partial charge in [0.25, 0.3) is 0 Å². The van der Waals surface area contributed by atoms with Gasteiger partial charge in [-0.3, -0.25) is 4.52 Å². The lowest BCUT2D eigenvalue weighted by Gasteiger charge is -2.19. The zero-order valence-electron chi connectivity index (χ0n) is 11.3. The van der Waals surface area contributed by atoms with Gasteiger partial charge in [0.05, 0.1) is 12.7 Å². The van der Waals surface area contributed by atoms with Crippen molar-refractivity contribution in [1.82, 2.24) is 0 Å². The molecule has 5 N–H and O–H groups in total. The lowest BCUT2D eigenvalue weighted by Crippen LogP contribution is -2.26. The molecule has 1 aliphatic rings. The van der Waals surface area contributed by atoms with Crippen LogP contribution >= 0.6 is 23.5 Å². The fraction of sp³-hybridized carbons (Fsp3) is 1.00. The third-order valence-electron chi connectivity index (χ3n) is 2.12. The van der Waals surface area contributed by atoms with Gasteiger partial charge in [-0.05, 0) is 7.76 Å². The smallest absolute Gasteiger partial charge is 0.390 e. The third-order valence-corrected chi connectivity index (χ3v) is 5.92. The van der Waals surface area contributed by atoms with Crippen LogP contribution in [-0.2, 0) is 31.6 Å². The van der Waals surface area contributed by atoms with Crippen molar-refractivity contribution in [3.63, 3.8) is 0 Å². The number of rotatable bonds is 8. The first-order valence-corrected chi connectivity index (χ1v) is 9.77. The Balaban J connectivity index is 2.56. The molecule has 21 heavy (non-hydrogen) atoms. The second kappa shape index (κ2) is 6.88. The topological polar surface area (TPSA) is 189 Å². The Morgan fingerprint density at radius 3 is 2.29 bits per heavy atom. The maximum Gasteiger partial charge on any atom is 0.490 e. The molecule has 5 unspecified atom stereocenters. The number of aliphatic hydroxyl groups excluding tert-OH is 1. The Morgan fingerprint density at radius 2 is 1.81 bits per heavy atom. The van der Waals surface area contributed by atoms with Gasteiger partial charge in [0.1, 0.15) is 13.9 Å². The van der Waals surface area contributed by atoms with Crippen LogP contribution in [0, 0.1) is 0 Å². The molecule has 0 aliphatic carbocycles. The van der Waals surface area contributed by atoms with Crippen molar-refractivity contribution in [2.45, 2.75) is 24.6 Å². The van der Waals surface area contributed by atoms with E-state index in [-0.39, 0.29) is 14.2 Å². The predicted octanol–water partition coefficient (Wildman–Crippen LogP) is -1.56. The normalized spacial score (nSPS) is 33.0. The van der Waals surface area contributed by atoms with Gasteiger partial charge < -0.3 is 29.4 Å². The first-order chi connectivity index (χ1) is 9.84. The lowest BCUT2D eigenvalue weighted by molar-refractivity contribution is -0.00418. The van der Waals surface area contributed by atoms with Gasteiger partial charge in [0.2, 0.25) is 0 Å². The van der Waals surface area contributed by atoms with Crippen molar-refractivity contribution in [2.24, 2.45) is 0 Å². The van der Waals surface area contributed by atoms with E-state index in [2.05, 4.69) is 13.1 Å². The quantitative estimate of drug-likeness (QED) is 0.244. The Hall–Kier alpha value is 0.395. The summed E-state index contributed by atoms with van der Waals surface area (Å²) in [5, 5.41) is 9.54. The second-order valence-electron chi connectivity index (χ2n) is 3.99. The first kappa shape index (κ1) is 17.7. The van der Waals surface area contributed by atoms with Crippen LogP contribution < -0.4 is 0 Å². The zero-order chi connectivity index (χ0) is 17.2. The minimum absolute atomic E-state index is 0.105. The zero-order valence-corrected chi connectivity index (χ0v) is 13.0. The minimum Gasteiger partial charge on any atom is -0.390 e. The van der Waals surface area contributed by atoms with Crippen LogP contribution in [0.1, 0.15) is 6.42 Å². The maximum atomic E-state index is 11.4. The maximum absolute atomic E-state index is 11.4. The molecule has 0 radical (unpaired) electrons. The predicted molar refractivity (Wildman–Crippen MR) is 67.6 cm³/mol. The molecule has 0 aromatic rings. The van der Waals surface area contributed by atoms with Crippen molar-refractivity contribution in [1.29, 1.82) is 1.34 Å². The first-order valence-electron chi connectivity index (χ1n) is 5.95. The summed E-state index contributed by atoms with van der Waals surface area (Å²) in [4.78, 5) is 34.8. The Bertz CT molecular complexity index is 523. The van der Waals surface area contributed by atoms with E-state index < -0.39 is 48.3 Å². The van der Waals surface area contributed by atoms with E-state index in [1.807, 2.05) is 0 Å². The molecule has 1 fully saturated rings. The minimum atomic E-state index is -5.56. The molecule has 5 atom stereocenters. The molecule has 12 nitrogen and oxygen atoms in total. The number of phosphoric acid groups is 3. The van der Waals surface area contributed by atoms with Crippen molar-refractivity contribution >= 4 is 31.3 Å². The van der Waals surface area contributed by atoms with Crippen LogP contribution in [0.2, 0.25) is 0 Å². The number of hydrogen-bond donors (Lipinski definition) is 5.